The average Bonchev–Trinajstić information content (AvgIpc) is 2.45. The number of hydrogen-bond acceptors (Lipinski definition) is 3. The van der Waals surface area contributed by atoms with Crippen molar-refractivity contribution in [2.75, 3.05) is 6.54 Å². The van der Waals surface area contributed by atoms with Crippen LogP contribution in [0.3, 0.4) is 0 Å². The van der Waals surface area contributed by atoms with E-state index in [2.05, 4.69) is 0 Å². The van der Waals surface area contributed by atoms with Crippen molar-refractivity contribution in [3.8, 4) is 0 Å². The Morgan fingerprint density at radius 2 is 2.23 bits per heavy atom. The van der Waals surface area contributed by atoms with Gasteiger partial charge in [0, 0.05) is 6.20 Å². The van der Waals surface area contributed by atoms with Crippen LogP contribution >= 0.6 is 0 Å². The lowest BCUT2D eigenvalue weighted by atomic mass is 10.3. The van der Waals surface area contributed by atoms with Gasteiger partial charge in [-0.05, 0) is 18.6 Å². The second-order valence-corrected chi connectivity index (χ2v) is 2.62. The second-order valence-electron chi connectivity index (χ2n) is 2.62. The van der Waals surface area contributed by atoms with E-state index < -0.39 is 11.9 Å². The standard InChI is InChI=1S/C8H10N2O3/c1-5-2-3-10(6(11)4-9)7(5)8(12)13/h2-3H,4,9H2,1H3,(H,12,13). The third kappa shape index (κ3) is 1.59. The van der Waals surface area contributed by atoms with Gasteiger partial charge >= 0.3 is 5.97 Å². The highest BCUT2D eigenvalue weighted by Gasteiger charge is 2.16. The van der Waals surface area contributed by atoms with Crippen molar-refractivity contribution in [2.45, 2.75) is 6.92 Å². The summed E-state index contributed by atoms with van der Waals surface area (Å²) in [6.07, 6.45) is 1.41. The van der Waals surface area contributed by atoms with Gasteiger partial charge in [0.05, 0.1) is 6.54 Å². The first-order chi connectivity index (χ1) is 6.07. The second kappa shape index (κ2) is 3.40. The molecule has 0 saturated carbocycles. The highest BCUT2D eigenvalue weighted by molar-refractivity contribution is 5.94. The Morgan fingerprint density at radius 1 is 1.62 bits per heavy atom. The lowest BCUT2D eigenvalue weighted by Gasteiger charge is -2.02. The molecule has 0 aromatic carbocycles. The highest BCUT2D eigenvalue weighted by atomic mass is 16.4. The minimum absolute atomic E-state index is 0.0181. The van der Waals surface area contributed by atoms with E-state index in [-0.39, 0.29) is 12.2 Å². The molecule has 1 aromatic rings. The highest BCUT2D eigenvalue weighted by Crippen LogP contribution is 2.09. The zero-order chi connectivity index (χ0) is 10.0. The Morgan fingerprint density at radius 3 is 2.69 bits per heavy atom. The van der Waals surface area contributed by atoms with Gasteiger partial charge in [-0.25, -0.2) is 4.79 Å². The molecule has 5 nitrogen and oxygen atoms in total. The van der Waals surface area contributed by atoms with Crippen LogP contribution in [0.1, 0.15) is 20.8 Å². The number of carboxylic acids is 1. The number of rotatable bonds is 2. The number of carbonyl (C=O) groups excluding carboxylic acids is 1. The van der Waals surface area contributed by atoms with Crippen molar-refractivity contribution in [1.29, 1.82) is 0 Å². The average molecular weight is 182 g/mol. The van der Waals surface area contributed by atoms with E-state index in [0.717, 1.165) is 4.57 Å². The summed E-state index contributed by atoms with van der Waals surface area (Å²) in [5, 5.41) is 8.77. The van der Waals surface area contributed by atoms with Crippen LogP contribution in [0, 0.1) is 6.92 Å². The van der Waals surface area contributed by atoms with Crippen LogP contribution < -0.4 is 5.73 Å². The third-order valence-electron chi connectivity index (χ3n) is 1.73. The van der Waals surface area contributed by atoms with Crippen LogP contribution in [0.4, 0.5) is 0 Å². The number of nitrogens with two attached hydrogens (primary N) is 1. The van der Waals surface area contributed by atoms with Crippen LogP contribution in [0.5, 0.6) is 0 Å². The molecule has 0 radical (unpaired) electrons. The molecule has 0 aliphatic heterocycles. The smallest absolute Gasteiger partial charge is 0.353 e. The maximum absolute atomic E-state index is 11.1. The molecule has 13 heavy (non-hydrogen) atoms. The van der Waals surface area contributed by atoms with Crippen molar-refractivity contribution in [2.24, 2.45) is 5.73 Å². The van der Waals surface area contributed by atoms with Gasteiger partial charge in [0.2, 0.25) is 5.91 Å². The van der Waals surface area contributed by atoms with E-state index in [1.165, 1.54) is 6.20 Å². The maximum Gasteiger partial charge on any atom is 0.353 e. The number of aromatic nitrogens is 1. The van der Waals surface area contributed by atoms with E-state index in [1.807, 2.05) is 0 Å². The molecule has 0 spiro atoms. The molecule has 0 bridgehead atoms. The number of hydrogen-bond donors (Lipinski definition) is 2. The predicted octanol–water partition coefficient (Wildman–Crippen LogP) is 0.0936. The Hall–Kier alpha value is -1.62. The first kappa shape index (κ1) is 9.47. The Balaban J connectivity index is 3.22. The lowest BCUT2D eigenvalue weighted by molar-refractivity contribution is 0.0673. The summed E-state index contributed by atoms with van der Waals surface area (Å²) in [5.41, 5.74) is 5.65. The fraction of sp³-hybridized carbons (Fsp3) is 0.250. The molecular formula is C8H10N2O3. The molecule has 0 aliphatic rings. The number of carbonyl (C=O) groups is 2. The van der Waals surface area contributed by atoms with Crippen LogP contribution in [-0.4, -0.2) is 28.1 Å². The van der Waals surface area contributed by atoms with Crippen molar-refractivity contribution in [1.82, 2.24) is 4.57 Å². The molecule has 5 heteroatoms. The number of carboxylic acid groups (broad SMARTS) is 1. The predicted molar refractivity (Wildman–Crippen MR) is 45.8 cm³/mol. The van der Waals surface area contributed by atoms with Crippen molar-refractivity contribution >= 4 is 11.9 Å². The van der Waals surface area contributed by atoms with E-state index >= 15 is 0 Å². The normalized spacial score (nSPS) is 10.0. The van der Waals surface area contributed by atoms with Gasteiger partial charge in [-0.1, -0.05) is 0 Å². The topological polar surface area (TPSA) is 85.3 Å². The summed E-state index contributed by atoms with van der Waals surface area (Å²) in [4.78, 5) is 21.8. The quantitative estimate of drug-likeness (QED) is 0.678. The van der Waals surface area contributed by atoms with Crippen LogP contribution in [-0.2, 0) is 0 Å². The van der Waals surface area contributed by atoms with Crippen LogP contribution in [0.2, 0.25) is 0 Å². The number of aryl methyl sites for hydroxylation is 1. The van der Waals surface area contributed by atoms with Crippen molar-refractivity contribution in [3.05, 3.63) is 23.5 Å². The van der Waals surface area contributed by atoms with Gasteiger partial charge in [0.25, 0.3) is 0 Å². The van der Waals surface area contributed by atoms with Gasteiger partial charge in [-0.3, -0.25) is 9.36 Å². The molecule has 70 valence electrons. The van der Waals surface area contributed by atoms with E-state index in [1.54, 1.807) is 13.0 Å². The summed E-state index contributed by atoms with van der Waals surface area (Å²) < 4.78 is 1.05. The molecule has 3 N–H and O–H groups in total. The van der Waals surface area contributed by atoms with Crippen molar-refractivity contribution < 1.29 is 14.7 Å². The zero-order valence-electron chi connectivity index (χ0n) is 7.15. The minimum atomic E-state index is -1.12. The number of aromatic carboxylic acids is 1. The van der Waals surface area contributed by atoms with E-state index in [4.69, 9.17) is 10.8 Å². The minimum Gasteiger partial charge on any atom is -0.477 e. The molecule has 0 aliphatic carbocycles. The van der Waals surface area contributed by atoms with Crippen LogP contribution in [0.15, 0.2) is 12.3 Å². The van der Waals surface area contributed by atoms with E-state index in [0.29, 0.717) is 5.56 Å². The Labute approximate surface area is 74.8 Å². The van der Waals surface area contributed by atoms with E-state index in [9.17, 15) is 9.59 Å². The fourth-order valence-electron chi connectivity index (χ4n) is 1.11. The molecule has 1 aromatic heterocycles. The maximum atomic E-state index is 11.1. The Bertz CT molecular complexity index is 354. The summed E-state index contributed by atoms with van der Waals surface area (Å²) in [6.45, 7) is 1.43. The molecule has 0 fully saturated rings. The van der Waals surface area contributed by atoms with Crippen LogP contribution in [0.25, 0.3) is 0 Å². The third-order valence-corrected chi connectivity index (χ3v) is 1.73. The fourth-order valence-corrected chi connectivity index (χ4v) is 1.11. The monoisotopic (exact) mass is 182 g/mol. The molecule has 0 unspecified atom stereocenters. The first-order valence-electron chi connectivity index (χ1n) is 3.72. The molecular weight excluding hydrogens is 172 g/mol. The van der Waals surface area contributed by atoms with Gasteiger partial charge in [0.1, 0.15) is 5.69 Å². The molecule has 0 atom stereocenters. The van der Waals surface area contributed by atoms with Gasteiger partial charge in [0.15, 0.2) is 0 Å². The van der Waals surface area contributed by atoms with Gasteiger partial charge < -0.3 is 10.8 Å². The summed E-state index contributed by atoms with van der Waals surface area (Å²) in [6, 6.07) is 1.57. The molecule has 1 heterocycles. The van der Waals surface area contributed by atoms with Gasteiger partial charge in [-0.15, -0.1) is 0 Å². The Kier molecular flexibility index (Phi) is 2.48. The zero-order valence-corrected chi connectivity index (χ0v) is 7.15. The van der Waals surface area contributed by atoms with Gasteiger partial charge in [-0.2, -0.15) is 0 Å². The molecule has 0 amide bonds. The first-order valence-corrected chi connectivity index (χ1v) is 3.72. The van der Waals surface area contributed by atoms with Crippen molar-refractivity contribution in [3.63, 3.8) is 0 Å². The largest absolute Gasteiger partial charge is 0.477 e. The lowest BCUT2D eigenvalue weighted by Crippen LogP contribution is -2.24. The SMILES string of the molecule is Cc1ccn(C(=O)CN)c1C(=O)O. The molecule has 0 saturated heterocycles. The summed E-state index contributed by atoms with van der Waals surface area (Å²) >= 11 is 0. The molecule has 1 rings (SSSR count). The summed E-state index contributed by atoms with van der Waals surface area (Å²) in [5.74, 6) is -1.55. The number of nitrogens with zero attached hydrogens (tertiary/aromatic N) is 1. The summed E-state index contributed by atoms with van der Waals surface area (Å²) in [7, 11) is 0.